The highest BCUT2D eigenvalue weighted by Gasteiger charge is 2.40. The van der Waals surface area contributed by atoms with Crippen molar-refractivity contribution in [1.82, 2.24) is 10.6 Å². The first-order chi connectivity index (χ1) is 8.64. The molecule has 100 valence electrons. The van der Waals surface area contributed by atoms with E-state index >= 15 is 0 Å². The fraction of sp³-hybridized carbons (Fsp3) is 0.750. The topological polar surface area (TPSA) is 91.2 Å². The Bertz CT molecular complexity index is 343. The van der Waals surface area contributed by atoms with Crippen molar-refractivity contribution < 1.29 is 14.3 Å². The van der Waals surface area contributed by atoms with E-state index in [-0.39, 0.29) is 18.4 Å². The average Bonchev–Trinajstić information content (AvgIpc) is 2.43. The average molecular weight is 253 g/mol. The summed E-state index contributed by atoms with van der Waals surface area (Å²) >= 11 is 0. The van der Waals surface area contributed by atoms with Crippen LogP contribution in [0.4, 0.5) is 0 Å². The summed E-state index contributed by atoms with van der Waals surface area (Å²) in [6, 6.07) is 2.06. The van der Waals surface area contributed by atoms with E-state index in [9.17, 15) is 9.59 Å². The molecule has 6 heteroatoms. The first kappa shape index (κ1) is 14.5. The minimum absolute atomic E-state index is 0.0802. The molecule has 1 fully saturated rings. The number of carbonyl (C=O) groups excluding carboxylic acids is 2. The maximum Gasteiger partial charge on any atom is 0.241 e. The molecule has 0 saturated carbocycles. The summed E-state index contributed by atoms with van der Waals surface area (Å²) in [4.78, 5) is 23.3. The summed E-state index contributed by atoms with van der Waals surface area (Å²) in [5.74, 6) is -0.606. The van der Waals surface area contributed by atoms with Crippen LogP contribution >= 0.6 is 0 Å². The molecule has 0 aromatic carbocycles. The third-order valence-corrected chi connectivity index (χ3v) is 2.98. The number of hydrogen-bond donors (Lipinski definition) is 2. The predicted molar refractivity (Wildman–Crippen MR) is 64.4 cm³/mol. The van der Waals surface area contributed by atoms with Crippen LogP contribution in [0.2, 0.25) is 0 Å². The van der Waals surface area contributed by atoms with Gasteiger partial charge in [0.25, 0.3) is 0 Å². The summed E-state index contributed by atoms with van der Waals surface area (Å²) in [7, 11) is 0. The molecule has 1 aliphatic rings. The summed E-state index contributed by atoms with van der Waals surface area (Å²) in [5, 5.41) is 14.3. The minimum atomic E-state index is -1.04. The first-order valence-corrected chi connectivity index (χ1v) is 6.18. The summed E-state index contributed by atoms with van der Waals surface area (Å²) in [6.45, 7) is 3.27. The third kappa shape index (κ3) is 3.70. The summed E-state index contributed by atoms with van der Waals surface area (Å²) in [5.41, 5.74) is -1.04. The smallest absolute Gasteiger partial charge is 0.241 e. The molecule has 0 atom stereocenters. The van der Waals surface area contributed by atoms with Crippen molar-refractivity contribution in [3.8, 4) is 6.07 Å². The molecular formula is C12H19N3O3. The fourth-order valence-corrected chi connectivity index (χ4v) is 1.77. The molecule has 1 aliphatic heterocycles. The molecule has 0 aromatic heterocycles. The second kappa shape index (κ2) is 6.97. The monoisotopic (exact) mass is 253 g/mol. The Morgan fingerprint density at radius 1 is 1.33 bits per heavy atom. The number of amides is 2. The molecule has 0 unspecified atom stereocenters. The molecule has 2 amide bonds. The van der Waals surface area contributed by atoms with Gasteiger partial charge in [0.15, 0.2) is 0 Å². The Balaban J connectivity index is 2.43. The van der Waals surface area contributed by atoms with Crippen LogP contribution in [0.15, 0.2) is 0 Å². The van der Waals surface area contributed by atoms with E-state index < -0.39 is 5.41 Å². The molecule has 0 bridgehead atoms. The zero-order chi connectivity index (χ0) is 13.4. The number of rotatable bonds is 5. The first-order valence-electron chi connectivity index (χ1n) is 6.18. The van der Waals surface area contributed by atoms with Crippen LogP contribution in [0.25, 0.3) is 0 Å². The Kier molecular flexibility index (Phi) is 5.59. The quantitative estimate of drug-likeness (QED) is 0.718. The Morgan fingerprint density at radius 3 is 2.56 bits per heavy atom. The van der Waals surface area contributed by atoms with Crippen molar-refractivity contribution in [2.45, 2.75) is 26.2 Å². The van der Waals surface area contributed by atoms with Gasteiger partial charge in [0.1, 0.15) is 5.41 Å². The maximum absolute atomic E-state index is 12.0. The van der Waals surface area contributed by atoms with E-state index in [2.05, 4.69) is 16.7 Å². The molecular weight excluding hydrogens is 234 g/mol. The van der Waals surface area contributed by atoms with Gasteiger partial charge >= 0.3 is 0 Å². The molecule has 1 heterocycles. The van der Waals surface area contributed by atoms with E-state index in [0.717, 1.165) is 6.42 Å². The van der Waals surface area contributed by atoms with Crippen LogP contribution in [-0.4, -0.2) is 38.1 Å². The van der Waals surface area contributed by atoms with E-state index in [4.69, 9.17) is 10.00 Å². The molecule has 2 N–H and O–H groups in total. The van der Waals surface area contributed by atoms with E-state index in [1.165, 1.54) is 0 Å². The van der Waals surface area contributed by atoms with Crippen molar-refractivity contribution in [2.75, 3.05) is 26.3 Å². The zero-order valence-corrected chi connectivity index (χ0v) is 10.6. The number of nitrogens with zero attached hydrogens (tertiary/aromatic N) is 1. The van der Waals surface area contributed by atoms with Gasteiger partial charge in [0, 0.05) is 19.8 Å². The third-order valence-electron chi connectivity index (χ3n) is 2.98. The van der Waals surface area contributed by atoms with Gasteiger partial charge in [0.2, 0.25) is 11.8 Å². The molecule has 0 aromatic rings. The van der Waals surface area contributed by atoms with Crippen molar-refractivity contribution in [1.29, 1.82) is 5.26 Å². The lowest BCUT2D eigenvalue weighted by atomic mass is 9.81. The number of nitriles is 1. The van der Waals surface area contributed by atoms with Crippen molar-refractivity contribution in [3.05, 3.63) is 0 Å². The van der Waals surface area contributed by atoms with Crippen LogP contribution in [0.1, 0.15) is 26.2 Å². The lowest BCUT2D eigenvalue weighted by Crippen LogP contribution is -2.47. The van der Waals surface area contributed by atoms with Crippen molar-refractivity contribution in [3.63, 3.8) is 0 Å². The number of hydrogen-bond acceptors (Lipinski definition) is 4. The van der Waals surface area contributed by atoms with E-state index in [1.54, 1.807) is 0 Å². The van der Waals surface area contributed by atoms with Crippen molar-refractivity contribution in [2.24, 2.45) is 5.41 Å². The fourth-order valence-electron chi connectivity index (χ4n) is 1.77. The molecule has 1 rings (SSSR count). The summed E-state index contributed by atoms with van der Waals surface area (Å²) < 4.78 is 5.15. The molecule has 18 heavy (non-hydrogen) atoms. The highest BCUT2D eigenvalue weighted by atomic mass is 16.5. The van der Waals surface area contributed by atoms with Gasteiger partial charge in [0.05, 0.1) is 12.6 Å². The molecule has 6 nitrogen and oxygen atoms in total. The van der Waals surface area contributed by atoms with Crippen molar-refractivity contribution >= 4 is 11.8 Å². The van der Waals surface area contributed by atoms with Crippen LogP contribution in [-0.2, 0) is 14.3 Å². The van der Waals surface area contributed by atoms with Gasteiger partial charge in [-0.1, -0.05) is 6.92 Å². The molecule has 0 aliphatic carbocycles. The SMILES string of the molecule is CCCNC(=O)CNC(=O)C1(C#N)CCOCC1. The highest BCUT2D eigenvalue weighted by molar-refractivity contribution is 5.89. The largest absolute Gasteiger partial charge is 0.381 e. The number of ether oxygens (including phenoxy) is 1. The standard InChI is InChI=1S/C12H19N3O3/c1-2-5-14-10(16)8-15-11(17)12(9-13)3-6-18-7-4-12/h2-8H2,1H3,(H,14,16)(H,15,17). The number of carbonyl (C=O) groups is 2. The zero-order valence-electron chi connectivity index (χ0n) is 10.6. The summed E-state index contributed by atoms with van der Waals surface area (Å²) in [6.07, 6.45) is 1.61. The van der Waals surface area contributed by atoms with Gasteiger partial charge in [-0.25, -0.2) is 0 Å². The maximum atomic E-state index is 12.0. The minimum Gasteiger partial charge on any atom is -0.381 e. The van der Waals surface area contributed by atoms with E-state index in [0.29, 0.717) is 32.6 Å². The lowest BCUT2D eigenvalue weighted by Gasteiger charge is -2.29. The van der Waals surface area contributed by atoms with Crippen LogP contribution in [0.5, 0.6) is 0 Å². The predicted octanol–water partition coefficient (Wildman–Crippen LogP) is -0.0508. The Labute approximate surface area is 107 Å². The lowest BCUT2D eigenvalue weighted by molar-refractivity contribution is -0.134. The van der Waals surface area contributed by atoms with Gasteiger partial charge in [-0.05, 0) is 19.3 Å². The molecule has 1 saturated heterocycles. The van der Waals surface area contributed by atoms with Gasteiger partial charge < -0.3 is 15.4 Å². The van der Waals surface area contributed by atoms with Gasteiger partial charge in [-0.3, -0.25) is 9.59 Å². The van der Waals surface area contributed by atoms with E-state index in [1.807, 2.05) is 6.92 Å². The second-order valence-corrected chi connectivity index (χ2v) is 4.34. The van der Waals surface area contributed by atoms with Crippen LogP contribution in [0.3, 0.4) is 0 Å². The second-order valence-electron chi connectivity index (χ2n) is 4.34. The Morgan fingerprint density at radius 2 is 2.00 bits per heavy atom. The van der Waals surface area contributed by atoms with Gasteiger partial charge in [-0.15, -0.1) is 0 Å². The number of nitrogens with one attached hydrogen (secondary N) is 2. The van der Waals surface area contributed by atoms with Crippen LogP contribution in [0, 0.1) is 16.7 Å². The molecule has 0 spiro atoms. The Hall–Kier alpha value is -1.61. The molecule has 0 radical (unpaired) electrons. The van der Waals surface area contributed by atoms with Crippen LogP contribution < -0.4 is 10.6 Å². The normalized spacial score (nSPS) is 17.6. The van der Waals surface area contributed by atoms with Gasteiger partial charge in [-0.2, -0.15) is 5.26 Å². The highest BCUT2D eigenvalue weighted by Crippen LogP contribution is 2.29.